The zero-order valence-corrected chi connectivity index (χ0v) is 19.7. The summed E-state index contributed by atoms with van der Waals surface area (Å²) in [5.74, 6) is -1.39. The van der Waals surface area contributed by atoms with E-state index >= 15 is 0 Å². The van der Waals surface area contributed by atoms with E-state index in [9.17, 15) is 17.6 Å². The molecule has 1 atom stereocenters. The lowest BCUT2D eigenvalue weighted by atomic mass is 10.1. The first-order valence-corrected chi connectivity index (χ1v) is 12.0. The maximum atomic E-state index is 14.2. The van der Waals surface area contributed by atoms with Crippen LogP contribution in [0.4, 0.5) is 10.1 Å². The van der Waals surface area contributed by atoms with Crippen LogP contribution in [0.1, 0.15) is 5.56 Å². The maximum Gasteiger partial charge on any atom is 0.242 e. The second-order valence-electron chi connectivity index (χ2n) is 6.55. The van der Waals surface area contributed by atoms with Crippen molar-refractivity contribution in [2.45, 2.75) is 17.4 Å². The third kappa shape index (κ3) is 6.27. The number of carbonyl (C=O) groups is 1. The molecule has 0 saturated heterocycles. The van der Waals surface area contributed by atoms with Crippen LogP contribution in [-0.2, 0) is 21.2 Å². The number of halogens is 4. The average Bonchev–Trinajstić information content (AvgIpc) is 2.72. The lowest BCUT2D eigenvalue weighted by molar-refractivity contribution is -0.117. The third-order valence-electron chi connectivity index (χ3n) is 4.27. The zero-order chi connectivity index (χ0) is 22.6. The van der Waals surface area contributed by atoms with E-state index in [1.807, 2.05) is 0 Å². The Bertz CT molecular complexity index is 1210. The van der Waals surface area contributed by atoms with Crippen LogP contribution in [-0.4, -0.2) is 20.4 Å². The summed E-state index contributed by atoms with van der Waals surface area (Å²) in [6, 6.07) is 15.7. The van der Waals surface area contributed by atoms with Crippen molar-refractivity contribution in [3.63, 3.8) is 0 Å². The minimum absolute atomic E-state index is 0.0300. The summed E-state index contributed by atoms with van der Waals surface area (Å²) in [5.41, 5.74) is 0.630. The summed E-state index contributed by atoms with van der Waals surface area (Å²) < 4.78 is 43.0. The average molecular weight is 546 g/mol. The second kappa shape index (κ2) is 10.1. The molecule has 3 aromatic carbocycles. The van der Waals surface area contributed by atoms with Crippen LogP contribution in [0.15, 0.2) is 76.1 Å². The van der Waals surface area contributed by atoms with Crippen LogP contribution >= 0.6 is 39.1 Å². The van der Waals surface area contributed by atoms with Gasteiger partial charge >= 0.3 is 0 Å². The summed E-state index contributed by atoms with van der Waals surface area (Å²) >= 11 is 15.1. The van der Waals surface area contributed by atoms with Gasteiger partial charge in [0.1, 0.15) is 16.8 Å². The van der Waals surface area contributed by atoms with Crippen molar-refractivity contribution in [1.29, 1.82) is 0 Å². The standard InChI is InChI=1S/C21H16BrCl2FN2O3S/c22-14-6-9-18(17(25)11-14)26-21(28)19(10-13-4-2-1-3-5-13)27-31(29,30)20-12-15(23)7-8-16(20)24/h1-9,11-12,19,27H,10H2,(H,26,28)/t19-/m1/s1. The van der Waals surface area contributed by atoms with Crippen LogP contribution in [0.3, 0.4) is 0 Å². The topological polar surface area (TPSA) is 75.3 Å². The predicted molar refractivity (Wildman–Crippen MR) is 123 cm³/mol. The van der Waals surface area contributed by atoms with Gasteiger partial charge in [0.15, 0.2) is 0 Å². The van der Waals surface area contributed by atoms with Crippen molar-refractivity contribution in [2.24, 2.45) is 0 Å². The maximum absolute atomic E-state index is 14.2. The molecule has 0 aliphatic heterocycles. The van der Waals surface area contributed by atoms with Gasteiger partial charge in [0.2, 0.25) is 15.9 Å². The first-order valence-electron chi connectivity index (χ1n) is 8.93. The van der Waals surface area contributed by atoms with Crippen LogP contribution in [0.5, 0.6) is 0 Å². The Morgan fingerprint density at radius 1 is 1.03 bits per heavy atom. The van der Waals surface area contributed by atoms with Crippen molar-refractivity contribution in [1.82, 2.24) is 4.72 Å². The Kier molecular flexibility index (Phi) is 7.72. The van der Waals surface area contributed by atoms with Crippen molar-refractivity contribution in [3.8, 4) is 0 Å². The van der Waals surface area contributed by atoms with Gasteiger partial charge < -0.3 is 5.32 Å². The van der Waals surface area contributed by atoms with Gasteiger partial charge in [-0.1, -0.05) is 69.5 Å². The van der Waals surface area contributed by atoms with Gasteiger partial charge in [-0.05, 0) is 48.4 Å². The van der Waals surface area contributed by atoms with E-state index in [4.69, 9.17) is 23.2 Å². The molecule has 0 aliphatic carbocycles. The molecule has 2 N–H and O–H groups in total. The number of carbonyl (C=O) groups excluding carboxylic acids is 1. The quantitative estimate of drug-likeness (QED) is 0.416. The molecule has 0 saturated carbocycles. The van der Waals surface area contributed by atoms with Crippen LogP contribution < -0.4 is 10.0 Å². The summed E-state index contributed by atoms with van der Waals surface area (Å²) in [6.45, 7) is 0. The molecule has 10 heteroatoms. The van der Waals surface area contributed by atoms with E-state index < -0.39 is 27.8 Å². The number of amides is 1. The van der Waals surface area contributed by atoms with Gasteiger partial charge in [-0.3, -0.25) is 4.79 Å². The number of anilines is 1. The van der Waals surface area contributed by atoms with E-state index in [2.05, 4.69) is 26.0 Å². The summed E-state index contributed by atoms with van der Waals surface area (Å²) in [6.07, 6.45) is 0.0300. The molecule has 0 fully saturated rings. The highest BCUT2D eigenvalue weighted by Crippen LogP contribution is 2.26. The molecule has 3 aromatic rings. The largest absolute Gasteiger partial charge is 0.322 e. The highest BCUT2D eigenvalue weighted by Gasteiger charge is 2.28. The van der Waals surface area contributed by atoms with Crippen molar-refractivity contribution in [2.75, 3.05) is 5.32 Å². The van der Waals surface area contributed by atoms with Crippen LogP contribution in [0.25, 0.3) is 0 Å². The van der Waals surface area contributed by atoms with Crippen molar-refractivity contribution >= 4 is 60.7 Å². The Morgan fingerprint density at radius 3 is 2.42 bits per heavy atom. The molecule has 0 bridgehead atoms. The molecule has 0 aromatic heterocycles. The van der Waals surface area contributed by atoms with Crippen LogP contribution in [0.2, 0.25) is 10.0 Å². The van der Waals surface area contributed by atoms with Gasteiger partial charge in [-0.25, -0.2) is 12.8 Å². The normalized spacial score (nSPS) is 12.4. The Balaban J connectivity index is 1.92. The first kappa shape index (κ1) is 23.7. The monoisotopic (exact) mass is 544 g/mol. The van der Waals surface area contributed by atoms with E-state index in [-0.39, 0.29) is 27.0 Å². The van der Waals surface area contributed by atoms with Crippen molar-refractivity contribution < 1.29 is 17.6 Å². The number of nitrogens with one attached hydrogen (secondary N) is 2. The SMILES string of the molecule is O=C(Nc1ccc(Br)cc1F)[C@@H](Cc1ccccc1)NS(=O)(=O)c1cc(Cl)ccc1Cl. The zero-order valence-electron chi connectivity index (χ0n) is 15.8. The molecule has 0 spiro atoms. The van der Waals surface area contributed by atoms with E-state index in [1.165, 1.54) is 30.3 Å². The van der Waals surface area contributed by atoms with Gasteiger partial charge in [0.05, 0.1) is 10.7 Å². The second-order valence-corrected chi connectivity index (χ2v) is 9.99. The predicted octanol–water partition coefficient (Wildman–Crippen LogP) is 5.42. The molecule has 0 radical (unpaired) electrons. The molecule has 0 unspecified atom stereocenters. The molecule has 0 heterocycles. The summed E-state index contributed by atoms with van der Waals surface area (Å²) in [7, 11) is -4.22. The highest BCUT2D eigenvalue weighted by molar-refractivity contribution is 9.10. The highest BCUT2D eigenvalue weighted by atomic mass is 79.9. The number of sulfonamides is 1. The number of rotatable bonds is 7. The smallest absolute Gasteiger partial charge is 0.242 e. The van der Waals surface area contributed by atoms with Crippen molar-refractivity contribution in [3.05, 3.63) is 92.6 Å². The molecular formula is C21H16BrCl2FN2O3S. The van der Waals surface area contributed by atoms with E-state index in [0.717, 1.165) is 0 Å². The van der Waals surface area contributed by atoms with E-state index in [1.54, 1.807) is 36.4 Å². The lowest BCUT2D eigenvalue weighted by Gasteiger charge is -2.19. The van der Waals surface area contributed by atoms with E-state index in [0.29, 0.717) is 10.0 Å². The Hall–Kier alpha value is -1.97. The molecule has 31 heavy (non-hydrogen) atoms. The summed E-state index contributed by atoms with van der Waals surface area (Å²) in [5, 5.41) is 2.56. The van der Waals surface area contributed by atoms with Crippen LogP contribution in [0, 0.1) is 5.82 Å². The fourth-order valence-electron chi connectivity index (χ4n) is 2.78. The molecule has 5 nitrogen and oxygen atoms in total. The number of hydrogen-bond donors (Lipinski definition) is 2. The lowest BCUT2D eigenvalue weighted by Crippen LogP contribution is -2.45. The molecule has 0 aliphatic rings. The minimum Gasteiger partial charge on any atom is -0.322 e. The first-order chi connectivity index (χ1) is 14.7. The fraction of sp³-hybridized carbons (Fsp3) is 0.0952. The number of hydrogen-bond acceptors (Lipinski definition) is 3. The molecule has 3 rings (SSSR count). The Morgan fingerprint density at radius 2 is 1.74 bits per heavy atom. The van der Waals surface area contributed by atoms with Gasteiger partial charge in [-0.15, -0.1) is 0 Å². The third-order valence-corrected chi connectivity index (χ3v) is 6.95. The van der Waals surface area contributed by atoms with Gasteiger partial charge in [0.25, 0.3) is 0 Å². The fourth-order valence-corrected chi connectivity index (χ4v) is 5.07. The molecule has 162 valence electrons. The number of benzene rings is 3. The molecular weight excluding hydrogens is 530 g/mol. The molecule has 1 amide bonds. The Labute approximate surface area is 197 Å². The minimum atomic E-state index is -4.22. The van der Waals surface area contributed by atoms with Gasteiger partial charge in [-0.2, -0.15) is 4.72 Å². The van der Waals surface area contributed by atoms with Gasteiger partial charge in [0, 0.05) is 9.50 Å². The summed E-state index contributed by atoms with van der Waals surface area (Å²) in [4.78, 5) is 12.7.